The van der Waals surface area contributed by atoms with Gasteiger partial charge in [0.2, 0.25) is 0 Å². The first-order valence-corrected chi connectivity index (χ1v) is 9.55. The molecule has 9 heteroatoms. The molecule has 2 heterocycles. The summed E-state index contributed by atoms with van der Waals surface area (Å²) in [6.07, 6.45) is -4.39. The Morgan fingerprint density at radius 2 is 1.86 bits per heavy atom. The van der Waals surface area contributed by atoms with Crippen LogP contribution in [0.2, 0.25) is 0 Å². The molecule has 1 amide bonds. The minimum atomic E-state index is -4.39. The second kappa shape index (κ2) is 8.22. The number of halogens is 3. The van der Waals surface area contributed by atoms with Gasteiger partial charge in [0, 0.05) is 31.9 Å². The number of hydrogen-bond acceptors (Lipinski definition) is 5. The predicted octanol–water partition coefficient (Wildman–Crippen LogP) is 3.58. The number of hydrogen-bond donors (Lipinski definition) is 0. The zero-order valence-corrected chi connectivity index (χ0v) is 16.0. The van der Waals surface area contributed by atoms with Gasteiger partial charge in [-0.15, -0.1) is 11.3 Å². The molecule has 0 N–H and O–H groups in total. The molecule has 1 aromatic carbocycles. The van der Waals surface area contributed by atoms with Crippen LogP contribution in [0.3, 0.4) is 0 Å². The summed E-state index contributed by atoms with van der Waals surface area (Å²) in [5, 5.41) is 1.78. The molecule has 5 nitrogen and oxygen atoms in total. The predicted molar refractivity (Wildman–Crippen MR) is 99.6 cm³/mol. The van der Waals surface area contributed by atoms with E-state index in [1.165, 1.54) is 17.4 Å². The van der Waals surface area contributed by atoms with E-state index in [1.807, 2.05) is 0 Å². The number of carbonyl (C=O) groups is 2. The fraction of sp³-hybridized carbons (Fsp3) is 0.368. The van der Waals surface area contributed by atoms with E-state index < -0.39 is 17.7 Å². The number of piperazine rings is 1. The maximum atomic E-state index is 12.9. The molecule has 0 aliphatic carbocycles. The van der Waals surface area contributed by atoms with Crippen molar-refractivity contribution in [2.75, 3.05) is 37.7 Å². The number of nitrogens with zero attached hydrogens (tertiary/aromatic N) is 2. The number of rotatable bonds is 4. The number of thiophene rings is 1. The molecule has 150 valence electrons. The third-order valence-corrected chi connectivity index (χ3v) is 5.54. The fourth-order valence-electron chi connectivity index (χ4n) is 2.96. The van der Waals surface area contributed by atoms with Gasteiger partial charge in [0.05, 0.1) is 5.56 Å². The molecule has 1 saturated heterocycles. The van der Waals surface area contributed by atoms with E-state index in [4.69, 9.17) is 4.74 Å². The quantitative estimate of drug-likeness (QED) is 0.721. The number of benzene rings is 1. The monoisotopic (exact) mass is 412 g/mol. The molecule has 1 aliphatic heterocycles. The van der Waals surface area contributed by atoms with Gasteiger partial charge in [0.15, 0.2) is 6.61 Å². The summed E-state index contributed by atoms with van der Waals surface area (Å²) in [5.74, 6) is -0.838. The Morgan fingerprint density at radius 1 is 1.14 bits per heavy atom. The Bertz CT molecular complexity index is 858. The van der Waals surface area contributed by atoms with Crippen molar-refractivity contribution in [2.45, 2.75) is 13.1 Å². The lowest BCUT2D eigenvalue weighted by Gasteiger charge is -2.36. The molecule has 3 rings (SSSR count). The minimum Gasteiger partial charge on any atom is -0.451 e. The van der Waals surface area contributed by atoms with Crippen LogP contribution in [0.15, 0.2) is 35.7 Å². The van der Waals surface area contributed by atoms with E-state index in [0.717, 1.165) is 17.7 Å². The van der Waals surface area contributed by atoms with E-state index in [9.17, 15) is 22.8 Å². The molecule has 0 saturated carbocycles. The maximum absolute atomic E-state index is 12.9. The van der Waals surface area contributed by atoms with Crippen LogP contribution in [-0.2, 0) is 15.7 Å². The van der Waals surface area contributed by atoms with Crippen LogP contribution in [0.4, 0.5) is 18.9 Å². The highest BCUT2D eigenvalue weighted by molar-refractivity contribution is 7.12. The number of ether oxygens (including phenoxy) is 1. The third kappa shape index (κ3) is 4.64. The highest BCUT2D eigenvalue weighted by Crippen LogP contribution is 2.31. The maximum Gasteiger partial charge on any atom is 0.416 e. The normalized spacial score (nSPS) is 14.9. The molecule has 0 unspecified atom stereocenters. The molecule has 1 aliphatic rings. The largest absolute Gasteiger partial charge is 0.451 e. The number of amides is 1. The zero-order valence-electron chi connectivity index (χ0n) is 15.2. The second-order valence-electron chi connectivity index (χ2n) is 6.42. The van der Waals surface area contributed by atoms with E-state index in [2.05, 4.69) is 0 Å². The Hall–Kier alpha value is -2.55. The van der Waals surface area contributed by atoms with Crippen molar-refractivity contribution in [3.05, 3.63) is 51.7 Å². The van der Waals surface area contributed by atoms with Gasteiger partial charge in [-0.25, -0.2) is 4.79 Å². The Kier molecular flexibility index (Phi) is 5.93. The van der Waals surface area contributed by atoms with Gasteiger partial charge in [-0.2, -0.15) is 13.2 Å². The van der Waals surface area contributed by atoms with Crippen LogP contribution in [-0.4, -0.2) is 49.6 Å². The Balaban J connectivity index is 1.52. The first-order chi connectivity index (χ1) is 13.3. The van der Waals surface area contributed by atoms with Gasteiger partial charge < -0.3 is 14.5 Å². The van der Waals surface area contributed by atoms with Gasteiger partial charge in [0.25, 0.3) is 5.91 Å². The number of esters is 1. The highest BCUT2D eigenvalue weighted by atomic mass is 32.1. The van der Waals surface area contributed by atoms with Crippen molar-refractivity contribution < 1.29 is 27.5 Å². The smallest absolute Gasteiger partial charge is 0.416 e. The summed E-state index contributed by atoms with van der Waals surface area (Å²) in [6, 6.07) is 6.95. The molecule has 0 spiro atoms. The van der Waals surface area contributed by atoms with Gasteiger partial charge in [-0.1, -0.05) is 6.07 Å². The molecule has 2 aromatic rings. The summed E-state index contributed by atoms with van der Waals surface area (Å²) in [7, 11) is 0. The Morgan fingerprint density at radius 3 is 2.46 bits per heavy atom. The molecule has 0 radical (unpaired) electrons. The SMILES string of the molecule is Cc1ccsc1C(=O)OCC(=O)N1CCN(c2cccc(C(F)(F)F)c2)CC1. The first kappa shape index (κ1) is 20.2. The lowest BCUT2D eigenvalue weighted by atomic mass is 10.1. The van der Waals surface area contributed by atoms with Crippen molar-refractivity contribution in [1.29, 1.82) is 0 Å². The van der Waals surface area contributed by atoms with E-state index in [1.54, 1.807) is 34.2 Å². The standard InChI is InChI=1S/C19H19F3N2O3S/c1-13-5-10-28-17(13)18(26)27-12-16(25)24-8-6-23(7-9-24)15-4-2-3-14(11-15)19(20,21)22/h2-5,10-11H,6-9,12H2,1H3. The van der Waals surface area contributed by atoms with Crippen LogP contribution >= 0.6 is 11.3 Å². The number of alkyl halides is 3. The van der Waals surface area contributed by atoms with Crippen molar-refractivity contribution in [2.24, 2.45) is 0 Å². The molecule has 1 aromatic heterocycles. The van der Waals surface area contributed by atoms with Crippen molar-refractivity contribution in [3.63, 3.8) is 0 Å². The molecule has 0 atom stereocenters. The van der Waals surface area contributed by atoms with Gasteiger partial charge in [-0.05, 0) is 42.1 Å². The molecule has 1 fully saturated rings. The summed E-state index contributed by atoms with van der Waals surface area (Å²) in [6.45, 7) is 2.97. The summed E-state index contributed by atoms with van der Waals surface area (Å²) in [4.78, 5) is 28.1. The number of anilines is 1. The van der Waals surface area contributed by atoms with Crippen molar-refractivity contribution >= 4 is 28.9 Å². The van der Waals surface area contributed by atoms with E-state index >= 15 is 0 Å². The lowest BCUT2D eigenvalue weighted by Crippen LogP contribution is -2.50. The highest BCUT2D eigenvalue weighted by Gasteiger charge is 2.31. The minimum absolute atomic E-state index is 0.314. The van der Waals surface area contributed by atoms with Crippen LogP contribution in [0.5, 0.6) is 0 Å². The summed E-state index contributed by atoms with van der Waals surface area (Å²) in [5.41, 5.74) is 0.581. The van der Waals surface area contributed by atoms with Crippen LogP contribution in [0.25, 0.3) is 0 Å². The zero-order chi connectivity index (χ0) is 20.3. The topological polar surface area (TPSA) is 49.9 Å². The van der Waals surface area contributed by atoms with Crippen LogP contribution in [0.1, 0.15) is 20.8 Å². The second-order valence-corrected chi connectivity index (χ2v) is 7.34. The first-order valence-electron chi connectivity index (χ1n) is 8.67. The Labute approximate surface area is 164 Å². The molecule has 0 bridgehead atoms. The van der Waals surface area contributed by atoms with E-state index in [0.29, 0.717) is 36.7 Å². The van der Waals surface area contributed by atoms with Gasteiger partial charge in [-0.3, -0.25) is 4.79 Å². The number of carbonyl (C=O) groups excluding carboxylic acids is 2. The van der Waals surface area contributed by atoms with Crippen LogP contribution in [0, 0.1) is 6.92 Å². The van der Waals surface area contributed by atoms with Gasteiger partial charge >= 0.3 is 12.1 Å². The van der Waals surface area contributed by atoms with E-state index in [-0.39, 0.29) is 12.5 Å². The third-order valence-electron chi connectivity index (χ3n) is 4.55. The lowest BCUT2D eigenvalue weighted by molar-refractivity contribution is -0.137. The summed E-state index contributed by atoms with van der Waals surface area (Å²) >= 11 is 1.26. The van der Waals surface area contributed by atoms with Crippen molar-refractivity contribution in [1.82, 2.24) is 4.90 Å². The molecular formula is C19H19F3N2O3S. The fourth-order valence-corrected chi connectivity index (χ4v) is 3.78. The summed E-state index contributed by atoms with van der Waals surface area (Å²) < 4.78 is 43.7. The number of aryl methyl sites for hydroxylation is 1. The van der Waals surface area contributed by atoms with Gasteiger partial charge in [0.1, 0.15) is 4.88 Å². The molecule has 28 heavy (non-hydrogen) atoms. The average Bonchev–Trinajstić information content (AvgIpc) is 3.11. The van der Waals surface area contributed by atoms with Crippen LogP contribution < -0.4 is 4.90 Å². The average molecular weight is 412 g/mol. The van der Waals surface area contributed by atoms with Crippen molar-refractivity contribution in [3.8, 4) is 0 Å². The molecular weight excluding hydrogens is 393 g/mol.